The van der Waals surface area contributed by atoms with E-state index >= 15 is 0 Å². The van der Waals surface area contributed by atoms with Gasteiger partial charge in [-0.15, -0.1) is 0 Å². The van der Waals surface area contributed by atoms with E-state index in [-0.39, 0.29) is 17.7 Å². The van der Waals surface area contributed by atoms with Crippen LogP contribution in [0.25, 0.3) is 0 Å². The highest BCUT2D eigenvalue weighted by atomic mass is 16.5. The summed E-state index contributed by atoms with van der Waals surface area (Å²) in [5, 5.41) is 5.75. The van der Waals surface area contributed by atoms with Gasteiger partial charge in [0.2, 0.25) is 5.91 Å². The smallest absolute Gasteiger partial charge is 0.251 e. The van der Waals surface area contributed by atoms with Gasteiger partial charge in [0, 0.05) is 38.4 Å². The van der Waals surface area contributed by atoms with Gasteiger partial charge in [0.25, 0.3) is 5.91 Å². The van der Waals surface area contributed by atoms with Crippen LogP contribution >= 0.6 is 0 Å². The summed E-state index contributed by atoms with van der Waals surface area (Å²) in [6.07, 6.45) is 1.65. The minimum atomic E-state index is -0.499. The van der Waals surface area contributed by atoms with Crippen LogP contribution in [0, 0.1) is 5.92 Å². The van der Waals surface area contributed by atoms with Gasteiger partial charge in [0.1, 0.15) is 0 Å². The first kappa shape index (κ1) is 20.4. The molecule has 0 radical (unpaired) electrons. The van der Waals surface area contributed by atoms with Crippen molar-refractivity contribution in [1.82, 2.24) is 15.5 Å². The van der Waals surface area contributed by atoms with E-state index in [9.17, 15) is 9.59 Å². The minimum absolute atomic E-state index is 0.0935. The lowest BCUT2D eigenvalue weighted by Gasteiger charge is -2.26. The van der Waals surface area contributed by atoms with E-state index in [4.69, 9.17) is 10.5 Å². The number of amides is 2. The zero-order chi connectivity index (χ0) is 18.9. The summed E-state index contributed by atoms with van der Waals surface area (Å²) in [4.78, 5) is 26.3. The first-order chi connectivity index (χ1) is 12.5. The Bertz CT molecular complexity index is 583. The number of nitrogens with one attached hydrogen (secondary N) is 2. The van der Waals surface area contributed by atoms with Crippen LogP contribution in [-0.2, 0) is 16.1 Å². The standard InChI is InChI=1S/C19H30N4O3/c1-23(2)10-9-21-18(24)16-5-3-14(4-6-16)13-22-19(25)17(20)15-7-11-26-12-8-15/h3-6,15,17H,7-13,20H2,1-2H3,(H,21,24)(H,22,25). The molecule has 2 rings (SSSR count). The summed E-state index contributed by atoms with van der Waals surface area (Å²) < 4.78 is 5.30. The molecule has 1 unspecified atom stereocenters. The molecule has 0 spiro atoms. The van der Waals surface area contributed by atoms with Gasteiger partial charge in [-0.3, -0.25) is 9.59 Å². The summed E-state index contributed by atoms with van der Waals surface area (Å²) >= 11 is 0. The molecule has 1 aromatic carbocycles. The number of ether oxygens (including phenoxy) is 1. The van der Waals surface area contributed by atoms with Gasteiger partial charge in [-0.2, -0.15) is 0 Å². The predicted octanol–water partition coefficient (Wildman–Crippen LogP) is 0.348. The molecule has 0 aliphatic carbocycles. The molecule has 7 heteroatoms. The lowest BCUT2D eigenvalue weighted by atomic mass is 9.92. The molecule has 0 saturated carbocycles. The van der Waals surface area contributed by atoms with Crippen molar-refractivity contribution in [2.24, 2.45) is 11.7 Å². The molecule has 26 heavy (non-hydrogen) atoms. The highest BCUT2D eigenvalue weighted by molar-refractivity contribution is 5.94. The molecule has 1 atom stereocenters. The largest absolute Gasteiger partial charge is 0.381 e. The van der Waals surface area contributed by atoms with Crippen molar-refractivity contribution in [3.8, 4) is 0 Å². The van der Waals surface area contributed by atoms with Crippen molar-refractivity contribution in [2.75, 3.05) is 40.4 Å². The Morgan fingerprint density at radius 1 is 1.19 bits per heavy atom. The molecule has 0 aromatic heterocycles. The SMILES string of the molecule is CN(C)CCNC(=O)c1ccc(CNC(=O)C(N)C2CCOCC2)cc1. The second-order valence-electron chi connectivity index (χ2n) is 6.95. The fourth-order valence-corrected chi connectivity index (χ4v) is 2.87. The number of likely N-dealkylation sites (N-methyl/N-ethyl adjacent to an activating group) is 1. The van der Waals surface area contributed by atoms with E-state index in [1.54, 1.807) is 12.1 Å². The Hall–Kier alpha value is -1.96. The summed E-state index contributed by atoms with van der Waals surface area (Å²) in [6.45, 7) is 3.14. The van der Waals surface area contributed by atoms with Gasteiger partial charge in [0.15, 0.2) is 0 Å². The molecule has 1 aromatic rings. The van der Waals surface area contributed by atoms with Crippen LogP contribution < -0.4 is 16.4 Å². The molecule has 4 N–H and O–H groups in total. The van der Waals surface area contributed by atoms with Crippen molar-refractivity contribution >= 4 is 11.8 Å². The maximum Gasteiger partial charge on any atom is 0.251 e. The van der Waals surface area contributed by atoms with Crippen LogP contribution in [0.3, 0.4) is 0 Å². The monoisotopic (exact) mass is 362 g/mol. The topological polar surface area (TPSA) is 96.7 Å². The molecule has 0 bridgehead atoms. The van der Waals surface area contributed by atoms with Crippen molar-refractivity contribution in [1.29, 1.82) is 0 Å². The van der Waals surface area contributed by atoms with E-state index in [2.05, 4.69) is 10.6 Å². The third-order valence-electron chi connectivity index (χ3n) is 4.60. The van der Waals surface area contributed by atoms with Gasteiger partial charge in [0.05, 0.1) is 6.04 Å². The molecule has 1 saturated heterocycles. The number of nitrogens with two attached hydrogens (primary N) is 1. The number of rotatable bonds is 8. The summed E-state index contributed by atoms with van der Waals surface area (Å²) in [5.74, 6) is -0.0524. The number of carbonyl (C=O) groups excluding carboxylic acids is 2. The molecule has 1 fully saturated rings. The van der Waals surface area contributed by atoms with E-state index in [0.29, 0.717) is 31.9 Å². The highest BCUT2D eigenvalue weighted by Crippen LogP contribution is 2.17. The molecule has 1 heterocycles. The molecule has 1 aliphatic rings. The summed E-state index contributed by atoms with van der Waals surface area (Å²) in [6, 6.07) is 6.73. The highest BCUT2D eigenvalue weighted by Gasteiger charge is 2.26. The number of nitrogens with zero attached hydrogens (tertiary/aromatic N) is 1. The van der Waals surface area contributed by atoms with Gasteiger partial charge >= 0.3 is 0 Å². The first-order valence-corrected chi connectivity index (χ1v) is 9.10. The lowest BCUT2D eigenvalue weighted by molar-refractivity contribution is -0.124. The van der Waals surface area contributed by atoms with Crippen LogP contribution in [0.15, 0.2) is 24.3 Å². The van der Waals surface area contributed by atoms with Crippen molar-refractivity contribution in [2.45, 2.75) is 25.4 Å². The minimum Gasteiger partial charge on any atom is -0.381 e. The molecular weight excluding hydrogens is 332 g/mol. The number of benzene rings is 1. The zero-order valence-corrected chi connectivity index (χ0v) is 15.7. The van der Waals surface area contributed by atoms with Gasteiger partial charge in [-0.1, -0.05) is 12.1 Å². The Kier molecular flexibility index (Phi) is 8.03. The summed E-state index contributed by atoms with van der Waals surface area (Å²) in [5.41, 5.74) is 7.61. The van der Waals surface area contributed by atoms with Crippen LogP contribution in [-0.4, -0.2) is 63.2 Å². The second-order valence-corrected chi connectivity index (χ2v) is 6.95. The maximum absolute atomic E-state index is 12.2. The van der Waals surface area contributed by atoms with Crippen LogP contribution in [0.1, 0.15) is 28.8 Å². The fraction of sp³-hybridized carbons (Fsp3) is 0.579. The second kappa shape index (κ2) is 10.3. The van der Waals surface area contributed by atoms with Gasteiger partial charge < -0.3 is 26.0 Å². The number of carbonyl (C=O) groups is 2. The Labute approximate surface area is 155 Å². The first-order valence-electron chi connectivity index (χ1n) is 9.10. The molecule has 144 valence electrons. The van der Waals surface area contributed by atoms with Crippen LogP contribution in [0.2, 0.25) is 0 Å². The van der Waals surface area contributed by atoms with Crippen molar-refractivity contribution < 1.29 is 14.3 Å². The Morgan fingerprint density at radius 2 is 1.85 bits per heavy atom. The third kappa shape index (κ3) is 6.40. The zero-order valence-electron chi connectivity index (χ0n) is 15.7. The molecule has 2 amide bonds. The molecule has 7 nitrogen and oxygen atoms in total. The normalized spacial score (nSPS) is 16.3. The Balaban J connectivity index is 1.77. The third-order valence-corrected chi connectivity index (χ3v) is 4.60. The lowest BCUT2D eigenvalue weighted by Crippen LogP contribution is -2.46. The van der Waals surface area contributed by atoms with E-state index in [1.165, 1.54) is 0 Å². The van der Waals surface area contributed by atoms with Crippen LogP contribution in [0.5, 0.6) is 0 Å². The van der Waals surface area contributed by atoms with Gasteiger partial charge in [-0.05, 0) is 50.6 Å². The maximum atomic E-state index is 12.2. The number of hydrogen-bond acceptors (Lipinski definition) is 5. The van der Waals surface area contributed by atoms with Crippen molar-refractivity contribution in [3.63, 3.8) is 0 Å². The molecular formula is C19H30N4O3. The van der Waals surface area contributed by atoms with E-state index in [1.807, 2.05) is 31.1 Å². The summed E-state index contributed by atoms with van der Waals surface area (Å²) in [7, 11) is 3.92. The molecule has 1 aliphatic heterocycles. The quantitative estimate of drug-likeness (QED) is 0.620. The average molecular weight is 362 g/mol. The van der Waals surface area contributed by atoms with Crippen LogP contribution in [0.4, 0.5) is 0 Å². The van der Waals surface area contributed by atoms with Crippen molar-refractivity contribution in [3.05, 3.63) is 35.4 Å². The number of hydrogen-bond donors (Lipinski definition) is 3. The average Bonchev–Trinajstić information content (AvgIpc) is 2.66. The predicted molar refractivity (Wildman–Crippen MR) is 101 cm³/mol. The van der Waals surface area contributed by atoms with Gasteiger partial charge in [-0.25, -0.2) is 0 Å². The Morgan fingerprint density at radius 3 is 2.46 bits per heavy atom. The fourth-order valence-electron chi connectivity index (χ4n) is 2.87. The van der Waals surface area contributed by atoms with E-state index < -0.39 is 6.04 Å². The van der Waals surface area contributed by atoms with E-state index in [0.717, 1.165) is 24.9 Å².